The van der Waals surface area contributed by atoms with Gasteiger partial charge in [-0.15, -0.1) is 0 Å². The highest BCUT2D eigenvalue weighted by molar-refractivity contribution is 7.00. The van der Waals surface area contributed by atoms with E-state index in [1.54, 1.807) is 12.1 Å². The van der Waals surface area contributed by atoms with Gasteiger partial charge in [0.2, 0.25) is 0 Å². The van der Waals surface area contributed by atoms with Crippen molar-refractivity contribution >= 4 is 79.0 Å². The smallest absolute Gasteiger partial charge is 0.416 e. The number of anilines is 6. The molecule has 390 valence electrons. The van der Waals surface area contributed by atoms with Crippen molar-refractivity contribution in [1.82, 2.24) is 19.5 Å². The first-order valence-corrected chi connectivity index (χ1v) is 26.9. The Morgan fingerprint density at radius 3 is 1.26 bits per heavy atom. The molecule has 11 aromatic carbocycles. The Labute approximate surface area is 469 Å². The molecule has 2 N–H and O–H groups in total. The van der Waals surface area contributed by atoms with Gasteiger partial charge < -0.3 is 24.6 Å². The van der Waals surface area contributed by atoms with Gasteiger partial charge in [-0.25, -0.2) is 15.0 Å². The van der Waals surface area contributed by atoms with Crippen molar-refractivity contribution in [2.75, 3.05) is 9.80 Å². The molecule has 0 saturated heterocycles. The van der Waals surface area contributed by atoms with Crippen LogP contribution >= 0.6 is 0 Å². The van der Waals surface area contributed by atoms with Gasteiger partial charge in [0.1, 0.15) is 11.5 Å². The Morgan fingerprint density at radius 1 is 0.354 bits per heavy atom. The van der Waals surface area contributed by atoms with Gasteiger partial charge in [-0.05, 0) is 154 Å². The summed E-state index contributed by atoms with van der Waals surface area (Å²) in [7, 11) is 0. The van der Waals surface area contributed by atoms with Crippen LogP contribution in [0.5, 0.6) is 11.5 Å². The highest BCUT2D eigenvalue weighted by atomic mass is 19.4. The third-order valence-electron chi connectivity index (χ3n) is 15.8. The number of hydrogen-bond donors (Lipinski definition) is 2. The van der Waals surface area contributed by atoms with E-state index in [-0.39, 0.29) is 29.6 Å². The zero-order chi connectivity index (χ0) is 55.2. The third kappa shape index (κ3) is 8.05. The lowest BCUT2D eigenvalue weighted by atomic mass is 9.33. The summed E-state index contributed by atoms with van der Waals surface area (Å²) in [6.07, 6.45) is -4.68. The van der Waals surface area contributed by atoms with Crippen molar-refractivity contribution in [1.29, 1.82) is 0 Å². The molecule has 0 fully saturated rings. The molecule has 0 amide bonds. The molecule has 0 radical (unpaired) electrons. The number of alkyl halides is 3. The highest BCUT2D eigenvalue weighted by Gasteiger charge is 2.44. The zero-order valence-electron chi connectivity index (χ0n) is 43.5. The lowest BCUT2D eigenvalue weighted by molar-refractivity contribution is -0.137. The average Bonchev–Trinajstić information content (AvgIpc) is 2.63. The number of rotatable bonds is 8. The van der Waals surface area contributed by atoms with E-state index in [1.165, 1.54) is 6.07 Å². The van der Waals surface area contributed by atoms with Gasteiger partial charge in [0.15, 0.2) is 17.5 Å². The topological polar surface area (TPSA) is 90.5 Å². The summed E-state index contributed by atoms with van der Waals surface area (Å²) in [5.74, 6) is 0.996. The summed E-state index contributed by atoms with van der Waals surface area (Å²) < 4.78 is 47.3. The maximum absolute atomic E-state index is 15.1. The fraction of sp³-hybridized carbons (Fsp3) is 0.0143. The van der Waals surface area contributed by atoms with E-state index < -0.39 is 11.7 Å². The van der Waals surface area contributed by atoms with E-state index >= 15 is 13.2 Å². The molecule has 4 heterocycles. The second-order valence-corrected chi connectivity index (χ2v) is 20.6. The van der Waals surface area contributed by atoms with Crippen LogP contribution in [0.15, 0.2) is 255 Å². The standard InChI is InChI=1S/C70H44BF3N6O2/c72-70(73,74)49-28-33-61(56(40-49)69-76-67(44-18-8-2-9-19-44)75-68(77-69)45-20-10-3-11-21-45)80-59-31-26-46(43-16-6-1-7-17-43)36-54(59)55-37-47(27-32-60(55)80)48-38-64-66-65(39-48)79(51-24-14-5-15-25-51)63-35-30-53(82)42-58(63)71(66)57-41-52(81)29-34-62(57)78(64)50-22-12-4-13-23-50/h1-42,81-82H. The number of halogens is 3. The van der Waals surface area contributed by atoms with E-state index in [4.69, 9.17) is 15.0 Å². The highest BCUT2D eigenvalue weighted by Crippen LogP contribution is 2.48. The molecular formula is C70H44BF3N6O2. The Hall–Kier alpha value is -10.7. The largest absolute Gasteiger partial charge is 0.508 e. The first-order valence-electron chi connectivity index (χ1n) is 26.9. The molecule has 2 aromatic heterocycles. The van der Waals surface area contributed by atoms with Gasteiger partial charge >= 0.3 is 6.18 Å². The van der Waals surface area contributed by atoms with Crippen LogP contribution in [-0.2, 0) is 6.18 Å². The van der Waals surface area contributed by atoms with Crippen LogP contribution in [0.2, 0.25) is 0 Å². The van der Waals surface area contributed by atoms with E-state index in [9.17, 15) is 10.2 Å². The fourth-order valence-electron chi connectivity index (χ4n) is 12.1. The number of aromatic hydroxyl groups is 2. The number of hydrogen-bond acceptors (Lipinski definition) is 7. The van der Waals surface area contributed by atoms with Crippen molar-refractivity contribution in [3.63, 3.8) is 0 Å². The SMILES string of the molecule is Oc1ccc2c(c1)B1c3cc(O)ccc3N(c3ccccc3)c3cc(-c4ccc5c(c4)c4cc(-c6ccccc6)ccc4n5-c4ccc(C(F)(F)F)cc4-c4nc(-c5ccccc5)nc(-c5ccccc5)n4)cc(c31)N2c1ccccc1. The van der Waals surface area contributed by atoms with Gasteiger partial charge in [-0.2, -0.15) is 13.2 Å². The van der Waals surface area contributed by atoms with Crippen LogP contribution in [0.3, 0.4) is 0 Å². The summed E-state index contributed by atoms with van der Waals surface area (Å²) in [6.45, 7) is -0.380. The molecule has 0 aliphatic carbocycles. The van der Waals surface area contributed by atoms with Crippen LogP contribution < -0.4 is 26.2 Å². The maximum Gasteiger partial charge on any atom is 0.416 e. The van der Waals surface area contributed by atoms with Crippen LogP contribution in [0.1, 0.15) is 5.56 Å². The number of fused-ring (bicyclic) bond motifs is 7. The van der Waals surface area contributed by atoms with Crippen LogP contribution in [-0.4, -0.2) is 36.4 Å². The van der Waals surface area contributed by atoms with Crippen LogP contribution in [0, 0.1) is 0 Å². The lowest BCUT2D eigenvalue weighted by Gasteiger charge is -2.44. The monoisotopic (exact) mass is 1070 g/mol. The van der Waals surface area contributed by atoms with E-state index in [0.29, 0.717) is 28.5 Å². The molecule has 15 rings (SSSR count). The van der Waals surface area contributed by atoms with Gasteiger partial charge in [0.25, 0.3) is 6.71 Å². The lowest BCUT2D eigenvalue weighted by Crippen LogP contribution is -2.61. The van der Waals surface area contributed by atoms with Gasteiger partial charge in [0.05, 0.1) is 22.3 Å². The fourth-order valence-corrected chi connectivity index (χ4v) is 12.1. The molecule has 0 spiro atoms. The van der Waals surface area contributed by atoms with Gasteiger partial charge in [-0.3, -0.25) is 0 Å². The Kier molecular flexibility index (Phi) is 11.2. The predicted molar refractivity (Wildman–Crippen MR) is 324 cm³/mol. The number of para-hydroxylation sites is 2. The predicted octanol–water partition coefficient (Wildman–Crippen LogP) is 15.8. The maximum atomic E-state index is 15.1. The number of phenolic OH excluding ortho intramolecular Hbond substituents is 2. The van der Waals surface area contributed by atoms with Crippen molar-refractivity contribution in [3.8, 4) is 73.6 Å². The number of benzene rings is 11. The van der Waals surface area contributed by atoms with Crippen LogP contribution in [0.25, 0.3) is 83.9 Å². The first-order chi connectivity index (χ1) is 40.1. The Morgan fingerprint density at radius 2 is 0.780 bits per heavy atom. The number of phenols is 2. The minimum absolute atomic E-state index is 0.0853. The molecule has 0 unspecified atom stereocenters. The van der Waals surface area contributed by atoms with Crippen molar-refractivity contribution in [2.24, 2.45) is 0 Å². The van der Waals surface area contributed by atoms with Gasteiger partial charge in [-0.1, -0.05) is 140 Å². The number of aromatic nitrogens is 4. The van der Waals surface area contributed by atoms with Crippen molar-refractivity contribution in [3.05, 3.63) is 260 Å². The summed E-state index contributed by atoms with van der Waals surface area (Å²) >= 11 is 0. The van der Waals surface area contributed by atoms with E-state index in [2.05, 4.69) is 88.7 Å². The molecule has 2 aliphatic heterocycles. The van der Waals surface area contributed by atoms with E-state index in [1.807, 2.05) is 150 Å². The zero-order valence-corrected chi connectivity index (χ0v) is 43.5. The van der Waals surface area contributed by atoms with Crippen molar-refractivity contribution in [2.45, 2.75) is 6.18 Å². The number of nitrogens with zero attached hydrogens (tertiary/aromatic N) is 6. The molecular weight excluding hydrogens is 1020 g/mol. The molecule has 8 nitrogen and oxygen atoms in total. The summed E-state index contributed by atoms with van der Waals surface area (Å²) in [5.41, 5.74) is 14.7. The third-order valence-corrected chi connectivity index (χ3v) is 15.8. The molecule has 0 atom stereocenters. The molecule has 82 heavy (non-hydrogen) atoms. The van der Waals surface area contributed by atoms with Gasteiger partial charge in [0, 0.05) is 61.6 Å². The molecule has 0 bridgehead atoms. The minimum atomic E-state index is -4.68. The van der Waals surface area contributed by atoms with Crippen LogP contribution in [0.4, 0.5) is 47.3 Å². The van der Waals surface area contributed by atoms with Crippen molar-refractivity contribution < 1.29 is 23.4 Å². The Bertz CT molecular complexity index is 4480. The first kappa shape index (κ1) is 48.4. The summed E-state index contributed by atoms with van der Waals surface area (Å²) in [5, 5.41) is 24.2. The molecule has 12 heteroatoms. The second-order valence-electron chi connectivity index (χ2n) is 20.6. The summed E-state index contributed by atoms with van der Waals surface area (Å²) in [6, 6.07) is 81.1. The second kappa shape index (κ2) is 19.0. The van der Waals surface area contributed by atoms with E-state index in [0.717, 1.165) is 107 Å². The Balaban J connectivity index is 1.00. The normalized spacial score (nSPS) is 12.6. The average molecular weight is 1070 g/mol. The minimum Gasteiger partial charge on any atom is -0.508 e. The molecule has 0 saturated carbocycles. The molecule has 2 aliphatic rings. The quantitative estimate of drug-likeness (QED) is 0.147. The molecule has 13 aromatic rings. The summed E-state index contributed by atoms with van der Waals surface area (Å²) in [4.78, 5) is 19.3.